The predicted octanol–water partition coefficient (Wildman–Crippen LogP) is 6.66. The zero-order valence-corrected chi connectivity index (χ0v) is 31.3. The summed E-state index contributed by atoms with van der Waals surface area (Å²) in [5, 5.41) is 15.6. The Balaban J connectivity index is 1.01. The molecule has 3 saturated heterocycles. The first-order valence-corrected chi connectivity index (χ1v) is 19.4. The Morgan fingerprint density at radius 1 is 0.820 bits per heavy atom. The minimum atomic E-state index is -0.757. The highest BCUT2D eigenvalue weighted by molar-refractivity contribution is 9.11. The van der Waals surface area contributed by atoms with Gasteiger partial charge in [-0.25, -0.2) is 9.59 Å². The third-order valence-corrected chi connectivity index (χ3v) is 12.0. The topological polar surface area (TPSA) is 114 Å². The van der Waals surface area contributed by atoms with E-state index in [0.717, 1.165) is 53.5 Å². The second-order valence-corrected chi connectivity index (χ2v) is 15.6. The Bertz CT molecular complexity index is 1880. The van der Waals surface area contributed by atoms with E-state index in [1.165, 1.54) is 19.3 Å². The monoisotopic (exact) mass is 806 g/mol. The number of urea groups is 1. The van der Waals surface area contributed by atoms with E-state index in [1.807, 2.05) is 29.3 Å². The summed E-state index contributed by atoms with van der Waals surface area (Å²) in [5.74, 6) is 0.0139. The van der Waals surface area contributed by atoms with Crippen LogP contribution in [0, 0.1) is 0 Å². The number of phenols is 1. The molecule has 3 fully saturated rings. The molecule has 0 bridgehead atoms. The second kappa shape index (κ2) is 15.3. The van der Waals surface area contributed by atoms with Crippen molar-refractivity contribution in [1.29, 1.82) is 0 Å². The van der Waals surface area contributed by atoms with Gasteiger partial charge in [0.05, 0.1) is 14.6 Å². The fraction of sp³-hybridized carbons (Fsp3) is 0.447. The van der Waals surface area contributed by atoms with E-state index in [2.05, 4.69) is 71.3 Å². The normalized spacial score (nSPS) is 18.8. The molecule has 50 heavy (non-hydrogen) atoms. The van der Waals surface area contributed by atoms with Gasteiger partial charge in [-0.05, 0) is 118 Å². The number of carbonyl (C=O) groups excluding carboxylic acids is 2. The van der Waals surface area contributed by atoms with E-state index in [0.29, 0.717) is 60.4 Å². The number of rotatable bonds is 7. The Morgan fingerprint density at radius 3 is 2.16 bits per heavy atom. The number of nitrogens with one attached hydrogen (secondary N) is 2. The first-order valence-electron chi connectivity index (χ1n) is 17.8. The first kappa shape index (κ1) is 34.8. The lowest BCUT2D eigenvalue weighted by Crippen LogP contribution is -2.56. The van der Waals surface area contributed by atoms with Gasteiger partial charge in [0.25, 0.3) is 0 Å². The quantitative estimate of drug-likeness (QED) is 0.193. The fourth-order valence-corrected chi connectivity index (χ4v) is 9.18. The molecule has 3 aromatic carbocycles. The number of nitrogens with zero attached hydrogens (tertiary/aromatic N) is 4. The predicted molar refractivity (Wildman–Crippen MR) is 202 cm³/mol. The lowest BCUT2D eigenvalue weighted by atomic mass is 9.98. The van der Waals surface area contributed by atoms with Crippen molar-refractivity contribution in [2.24, 2.45) is 0 Å². The van der Waals surface area contributed by atoms with Crippen LogP contribution in [-0.2, 0) is 11.2 Å². The Morgan fingerprint density at radius 2 is 1.46 bits per heavy atom. The summed E-state index contributed by atoms with van der Waals surface area (Å²) in [6, 6.07) is 17.3. The van der Waals surface area contributed by atoms with Gasteiger partial charge >= 0.3 is 11.7 Å². The van der Waals surface area contributed by atoms with Crippen LogP contribution in [0.4, 0.5) is 4.79 Å². The van der Waals surface area contributed by atoms with Crippen molar-refractivity contribution >= 4 is 54.6 Å². The molecule has 1 aromatic heterocycles. The number of fused-ring (bicyclic) bond motifs is 1. The summed E-state index contributed by atoms with van der Waals surface area (Å²) < 4.78 is 2.81. The summed E-state index contributed by atoms with van der Waals surface area (Å²) in [5.41, 5.74) is 2.39. The molecule has 4 aromatic rings. The SMILES string of the molecule is O=C(N[C@@H](Cc1cc(Br)c(O)c(Br)c1)C(=O)N1CCC(N2CCCCC2)CC1)N1CCC(n2cc(-c3ccc4ccccc4c3)[nH]c2=O)CC1. The molecule has 264 valence electrons. The third-order valence-electron chi connectivity index (χ3n) is 10.7. The minimum absolute atomic E-state index is 0.0395. The molecule has 3 N–H and O–H groups in total. The molecule has 4 heterocycles. The molecular weight excluding hydrogens is 764 g/mol. The lowest BCUT2D eigenvalue weighted by Gasteiger charge is -2.41. The van der Waals surface area contributed by atoms with Crippen LogP contribution in [0.2, 0.25) is 0 Å². The number of likely N-dealkylation sites (tertiary alicyclic amines) is 3. The summed E-state index contributed by atoms with van der Waals surface area (Å²) in [6.07, 6.45) is 9.12. The van der Waals surface area contributed by atoms with E-state index < -0.39 is 6.04 Å². The maximum atomic E-state index is 14.1. The van der Waals surface area contributed by atoms with Gasteiger partial charge in [-0.1, -0.05) is 42.8 Å². The Kier molecular flexibility index (Phi) is 10.7. The number of amides is 3. The third kappa shape index (κ3) is 7.67. The van der Waals surface area contributed by atoms with E-state index in [4.69, 9.17) is 0 Å². The average Bonchev–Trinajstić information content (AvgIpc) is 3.54. The molecule has 3 aliphatic heterocycles. The molecule has 3 aliphatic rings. The van der Waals surface area contributed by atoms with Gasteiger partial charge in [-0.2, -0.15) is 0 Å². The maximum Gasteiger partial charge on any atom is 0.326 e. The lowest BCUT2D eigenvalue weighted by molar-refractivity contribution is -0.134. The van der Waals surface area contributed by atoms with Gasteiger partial charge in [0.15, 0.2) is 0 Å². The molecule has 0 saturated carbocycles. The number of benzene rings is 3. The zero-order valence-electron chi connectivity index (χ0n) is 28.1. The number of piperidine rings is 3. The van der Waals surface area contributed by atoms with Crippen LogP contribution in [0.3, 0.4) is 0 Å². The highest BCUT2D eigenvalue weighted by atomic mass is 79.9. The number of aromatic nitrogens is 2. The van der Waals surface area contributed by atoms with Crippen molar-refractivity contribution in [2.45, 2.75) is 69.5 Å². The van der Waals surface area contributed by atoms with Crippen LogP contribution in [0.1, 0.15) is 56.6 Å². The number of H-pyrrole nitrogens is 1. The van der Waals surface area contributed by atoms with Crippen molar-refractivity contribution in [3.63, 3.8) is 0 Å². The van der Waals surface area contributed by atoms with Gasteiger partial charge in [-0.3, -0.25) is 9.36 Å². The molecule has 0 radical (unpaired) electrons. The van der Waals surface area contributed by atoms with Crippen molar-refractivity contribution in [3.05, 3.63) is 85.8 Å². The van der Waals surface area contributed by atoms with E-state index in [-0.39, 0.29) is 29.4 Å². The highest BCUT2D eigenvalue weighted by Gasteiger charge is 2.34. The number of phenolic OH excluding ortho intramolecular Hbond substituents is 1. The van der Waals surface area contributed by atoms with Crippen LogP contribution in [0.5, 0.6) is 5.75 Å². The molecule has 7 rings (SSSR count). The van der Waals surface area contributed by atoms with Gasteiger partial charge in [0.1, 0.15) is 11.8 Å². The molecular formula is C38H44Br2N6O4. The maximum absolute atomic E-state index is 14.1. The van der Waals surface area contributed by atoms with Crippen LogP contribution in [0.25, 0.3) is 22.0 Å². The van der Waals surface area contributed by atoms with Gasteiger partial charge in [-0.15, -0.1) is 0 Å². The summed E-state index contributed by atoms with van der Waals surface area (Å²) in [6.45, 7) is 4.57. The number of halogens is 2. The van der Waals surface area contributed by atoms with Crippen LogP contribution in [0.15, 0.2) is 74.5 Å². The Hall–Kier alpha value is -3.61. The number of aromatic hydroxyl groups is 1. The van der Waals surface area contributed by atoms with Crippen molar-refractivity contribution in [2.75, 3.05) is 39.3 Å². The van der Waals surface area contributed by atoms with Crippen LogP contribution < -0.4 is 11.0 Å². The van der Waals surface area contributed by atoms with E-state index >= 15 is 0 Å². The molecule has 0 unspecified atom stereocenters. The molecule has 3 amide bonds. The summed E-state index contributed by atoms with van der Waals surface area (Å²) >= 11 is 6.82. The van der Waals surface area contributed by atoms with Gasteiger partial charge in [0.2, 0.25) is 5.91 Å². The molecule has 12 heteroatoms. The average molecular weight is 809 g/mol. The fourth-order valence-electron chi connectivity index (χ4n) is 7.90. The standard InChI is InChI=1S/C38H44Br2N6O4/c39-31-20-25(21-32(40)35(31)47)22-33(36(48)44-16-10-29(11-17-44)43-14-4-1-5-15-43)41-37(49)45-18-12-30(13-19-45)46-24-34(42-38(46)50)28-9-8-26-6-2-3-7-27(26)23-28/h2-3,6-9,20-21,23-24,29-30,33,47H,1,4-5,10-19,22H2,(H,41,49)(H,42,50)/t33-/m0/s1. The summed E-state index contributed by atoms with van der Waals surface area (Å²) in [7, 11) is 0. The smallest absolute Gasteiger partial charge is 0.326 e. The van der Waals surface area contributed by atoms with Gasteiger partial charge < -0.3 is 30.1 Å². The number of hydrogen-bond donors (Lipinski definition) is 3. The molecule has 0 spiro atoms. The van der Waals surface area contributed by atoms with Crippen LogP contribution in [-0.4, -0.2) is 92.6 Å². The van der Waals surface area contributed by atoms with Crippen molar-refractivity contribution in [1.82, 2.24) is 29.6 Å². The van der Waals surface area contributed by atoms with E-state index in [1.54, 1.807) is 21.6 Å². The first-order chi connectivity index (χ1) is 24.2. The number of hydrogen-bond acceptors (Lipinski definition) is 5. The van der Waals surface area contributed by atoms with Crippen LogP contribution >= 0.6 is 31.9 Å². The minimum Gasteiger partial charge on any atom is -0.506 e. The second-order valence-electron chi connectivity index (χ2n) is 13.9. The largest absolute Gasteiger partial charge is 0.506 e. The van der Waals surface area contributed by atoms with E-state index in [9.17, 15) is 19.5 Å². The molecule has 1 atom stereocenters. The van der Waals surface area contributed by atoms with Crippen molar-refractivity contribution in [3.8, 4) is 17.0 Å². The number of carbonyl (C=O) groups is 2. The summed E-state index contributed by atoms with van der Waals surface area (Å²) in [4.78, 5) is 50.2. The van der Waals surface area contributed by atoms with Gasteiger partial charge in [0, 0.05) is 56.4 Å². The number of aromatic amines is 1. The molecule has 0 aliphatic carbocycles. The zero-order chi connectivity index (χ0) is 34.8. The Labute approximate surface area is 309 Å². The molecule has 10 nitrogen and oxygen atoms in total. The number of imidazole rings is 1. The van der Waals surface area contributed by atoms with Crippen molar-refractivity contribution < 1.29 is 14.7 Å². The highest BCUT2D eigenvalue weighted by Crippen LogP contribution is 2.34.